The summed E-state index contributed by atoms with van der Waals surface area (Å²) in [7, 11) is 0. The summed E-state index contributed by atoms with van der Waals surface area (Å²) in [5, 5.41) is 2.58. The van der Waals surface area contributed by atoms with Crippen molar-refractivity contribution in [2.45, 2.75) is 46.3 Å². The third-order valence-corrected chi connectivity index (χ3v) is 2.40. The Morgan fingerprint density at radius 2 is 1.90 bits per heavy atom. The molecule has 6 heteroatoms. The fraction of sp³-hybridized carbons (Fsp3) is 0.643. The number of nitrogens with one attached hydrogen (secondary N) is 1. The maximum absolute atomic E-state index is 12.0. The fourth-order valence-corrected chi connectivity index (χ4v) is 1.48. The van der Waals surface area contributed by atoms with Gasteiger partial charge in [0.25, 0.3) is 0 Å². The third kappa shape index (κ3) is 6.92. The van der Waals surface area contributed by atoms with Gasteiger partial charge in [-0.1, -0.05) is 6.58 Å². The fourth-order valence-electron chi connectivity index (χ4n) is 1.48. The number of esters is 1. The Morgan fingerprint density at radius 3 is 2.30 bits per heavy atom. The lowest BCUT2D eigenvalue weighted by Crippen LogP contribution is -2.48. The molecule has 0 radical (unpaired) electrons. The molecule has 0 heterocycles. The molecule has 1 atom stereocenters. The number of amides is 2. The van der Waals surface area contributed by atoms with Gasteiger partial charge in [-0.25, -0.2) is 4.79 Å². The number of ether oxygens (including phenoxy) is 1. The lowest BCUT2D eigenvalue weighted by atomic mass is 10.2. The number of nitrogens with zero attached hydrogens (tertiary/aromatic N) is 1. The van der Waals surface area contributed by atoms with Crippen molar-refractivity contribution < 1.29 is 19.1 Å². The lowest BCUT2D eigenvalue weighted by Gasteiger charge is -2.29. The van der Waals surface area contributed by atoms with E-state index in [0.29, 0.717) is 0 Å². The first-order chi connectivity index (χ1) is 9.08. The minimum Gasteiger partial charge on any atom is -0.458 e. The van der Waals surface area contributed by atoms with Gasteiger partial charge < -0.3 is 15.0 Å². The SMILES string of the molecule is C=CC(=O)N(CCNC(C)=O)C(C)C(=O)OC(C)(C)C. The van der Waals surface area contributed by atoms with Crippen LogP contribution in [0.3, 0.4) is 0 Å². The summed E-state index contributed by atoms with van der Waals surface area (Å²) in [5.41, 5.74) is -0.619. The zero-order valence-corrected chi connectivity index (χ0v) is 12.9. The molecular weight excluding hydrogens is 260 g/mol. The summed E-state index contributed by atoms with van der Waals surface area (Å²) in [6.07, 6.45) is 1.13. The van der Waals surface area contributed by atoms with Crippen molar-refractivity contribution in [2.75, 3.05) is 13.1 Å². The zero-order valence-electron chi connectivity index (χ0n) is 12.9. The molecule has 20 heavy (non-hydrogen) atoms. The Labute approximate surface area is 120 Å². The Balaban J connectivity index is 4.76. The van der Waals surface area contributed by atoms with E-state index in [0.717, 1.165) is 6.08 Å². The van der Waals surface area contributed by atoms with Gasteiger partial charge in [-0.05, 0) is 33.8 Å². The largest absolute Gasteiger partial charge is 0.458 e. The maximum atomic E-state index is 12.0. The number of rotatable bonds is 6. The summed E-state index contributed by atoms with van der Waals surface area (Å²) in [4.78, 5) is 35.9. The second-order valence-corrected chi connectivity index (χ2v) is 5.43. The molecule has 1 N–H and O–H groups in total. The van der Waals surface area contributed by atoms with Crippen LogP contribution in [0.5, 0.6) is 0 Å². The lowest BCUT2D eigenvalue weighted by molar-refractivity contribution is -0.163. The second-order valence-electron chi connectivity index (χ2n) is 5.43. The molecule has 0 fully saturated rings. The molecule has 0 saturated heterocycles. The van der Waals surface area contributed by atoms with Gasteiger partial charge in [0.2, 0.25) is 11.8 Å². The van der Waals surface area contributed by atoms with Gasteiger partial charge in [0.1, 0.15) is 11.6 Å². The molecule has 2 amide bonds. The van der Waals surface area contributed by atoms with Gasteiger partial charge >= 0.3 is 5.97 Å². The van der Waals surface area contributed by atoms with Crippen molar-refractivity contribution in [3.8, 4) is 0 Å². The van der Waals surface area contributed by atoms with Crippen molar-refractivity contribution in [3.63, 3.8) is 0 Å². The van der Waals surface area contributed by atoms with Crippen LogP contribution in [0.25, 0.3) is 0 Å². The standard InChI is InChI=1S/C14H24N2O4/c1-7-12(18)16(9-8-15-11(3)17)10(2)13(19)20-14(4,5)6/h7,10H,1,8-9H2,2-6H3,(H,15,17). The smallest absolute Gasteiger partial charge is 0.329 e. The van der Waals surface area contributed by atoms with Gasteiger partial charge in [0, 0.05) is 20.0 Å². The number of hydrogen-bond acceptors (Lipinski definition) is 4. The van der Waals surface area contributed by atoms with E-state index in [4.69, 9.17) is 4.74 Å². The molecule has 114 valence electrons. The molecule has 0 saturated carbocycles. The molecular formula is C14H24N2O4. The average molecular weight is 284 g/mol. The van der Waals surface area contributed by atoms with Crippen LogP contribution >= 0.6 is 0 Å². The Bertz CT molecular complexity index is 385. The zero-order chi connectivity index (χ0) is 15.9. The van der Waals surface area contributed by atoms with E-state index < -0.39 is 17.6 Å². The maximum Gasteiger partial charge on any atom is 0.329 e. The topological polar surface area (TPSA) is 75.7 Å². The summed E-state index contributed by atoms with van der Waals surface area (Å²) >= 11 is 0. The van der Waals surface area contributed by atoms with E-state index in [1.54, 1.807) is 27.7 Å². The van der Waals surface area contributed by atoms with Gasteiger partial charge in [0.15, 0.2) is 0 Å². The van der Waals surface area contributed by atoms with Crippen LogP contribution in [0.1, 0.15) is 34.6 Å². The van der Waals surface area contributed by atoms with E-state index in [9.17, 15) is 14.4 Å². The molecule has 0 aliphatic rings. The predicted molar refractivity (Wildman–Crippen MR) is 75.9 cm³/mol. The monoisotopic (exact) mass is 284 g/mol. The van der Waals surface area contributed by atoms with Crippen molar-refractivity contribution in [1.82, 2.24) is 10.2 Å². The first kappa shape index (κ1) is 18.1. The van der Waals surface area contributed by atoms with Gasteiger partial charge in [-0.15, -0.1) is 0 Å². The Kier molecular flexibility index (Phi) is 6.96. The minimum absolute atomic E-state index is 0.194. The Morgan fingerprint density at radius 1 is 1.35 bits per heavy atom. The van der Waals surface area contributed by atoms with Crippen LogP contribution < -0.4 is 5.32 Å². The van der Waals surface area contributed by atoms with Crippen molar-refractivity contribution in [1.29, 1.82) is 0 Å². The van der Waals surface area contributed by atoms with Crippen LogP contribution in [-0.2, 0) is 19.1 Å². The number of hydrogen-bond donors (Lipinski definition) is 1. The molecule has 6 nitrogen and oxygen atoms in total. The van der Waals surface area contributed by atoms with Gasteiger partial charge in [-0.2, -0.15) is 0 Å². The van der Waals surface area contributed by atoms with Gasteiger partial charge in [-0.3, -0.25) is 9.59 Å². The first-order valence-corrected chi connectivity index (χ1v) is 6.49. The molecule has 0 aliphatic carbocycles. The van der Waals surface area contributed by atoms with Crippen LogP contribution in [0, 0.1) is 0 Å². The van der Waals surface area contributed by atoms with Crippen molar-refractivity contribution >= 4 is 17.8 Å². The molecule has 0 spiro atoms. The molecule has 0 aliphatic heterocycles. The normalized spacial score (nSPS) is 12.2. The van der Waals surface area contributed by atoms with Crippen LogP contribution in [0.15, 0.2) is 12.7 Å². The number of carbonyl (C=O) groups is 3. The van der Waals surface area contributed by atoms with Crippen LogP contribution in [0.2, 0.25) is 0 Å². The van der Waals surface area contributed by atoms with Crippen molar-refractivity contribution in [3.05, 3.63) is 12.7 Å². The molecule has 1 unspecified atom stereocenters. The minimum atomic E-state index is -0.742. The quantitative estimate of drug-likeness (QED) is 0.580. The third-order valence-electron chi connectivity index (χ3n) is 2.40. The van der Waals surface area contributed by atoms with Crippen LogP contribution in [0.4, 0.5) is 0 Å². The van der Waals surface area contributed by atoms with E-state index in [1.807, 2.05) is 0 Å². The second kappa shape index (κ2) is 7.67. The summed E-state index contributed by atoms with van der Waals surface area (Å²) in [5.74, 6) is -1.06. The predicted octanol–water partition coefficient (Wildman–Crippen LogP) is 0.867. The molecule has 0 aromatic carbocycles. The summed E-state index contributed by atoms with van der Waals surface area (Å²) < 4.78 is 5.25. The molecule has 0 aromatic heterocycles. The van der Waals surface area contributed by atoms with Gasteiger partial charge in [0.05, 0.1) is 0 Å². The highest BCUT2D eigenvalue weighted by Crippen LogP contribution is 2.11. The average Bonchev–Trinajstić information content (AvgIpc) is 2.30. The van der Waals surface area contributed by atoms with E-state index >= 15 is 0 Å². The summed E-state index contributed by atoms with van der Waals surface area (Å²) in [6.45, 7) is 12.1. The highest BCUT2D eigenvalue weighted by atomic mass is 16.6. The van der Waals surface area contributed by atoms with E-state index in [2.05, 4.69) is 11.9 Å². The van der Waals surface area contributed by atoms with Crippen LogP contribution in [-0.4, -0.2) is 47.4 Å². The van der Waals surface area contributed by atoms with Crippen molar-refractivity contribution in [2.24, 2.45) is 0 Å². The highest BCUT2D eigenvalue weighted by molar-refractivity contribution is 5.91. The molecule has 0 aromatic rings. The molecule has 0 bridgehead atoms. The molecule has 0 rings (SSSR count). The summed E-state index contributed by atoms with van der Waals surface area (Å²) in [6, 6.07) is -0.742. The number of carbonyl (C=O) groups excluding carboxylic acids is 3. The first-order valence-electron chi connectivity index (χ1n) is 6.49. The Hall–Kier alpha value is -1.85. The highest BCUT2D eigenvalue weighted by Gasteiger charge is 2.28. The van der Waals surface area contributed by atoms with E-state index in [-0.39, 0.29) is 24.9 Å². The van der Waals surface area contributed by atoms with E-state index in [1.165, 1.54) is 11.8 Å².